The SMILES string of the molecule is c1ccc(-c2cc(-c3ccccc3)nc(-c3cc(-c4ccc5c6ccccc6c6ccccc6c5c4)cc(-c4cc5ccccc5c5ccccc45)c3)c2)cc1. The van der Waals surface area contributed by atoms with Crippen LogP contribution < -0.4 is 0 Å². The van der Waals surface area contributed by atoms with E-state index in [1.165, 1.54) is 70.6 Å². The fraction of sp³-hybridized carbons (Fsp3) is 0. The molecular formula is C55H35N. The molecule has 0 aliphatic carbocycles. The molecule has 0 saturated heterocycles. The average molecular weight is 710 g/mol. The lowest BCUT2D eigenvalue weighted by Gasteiger charge is -2.16. The highest BCUT2D eigenvalue weighted by Gasteiger charge is 2.16. The van der Waals surface area contributed by atoms with Crippen molar-refractivity contribution in [2.75, 3.05) is 0 Å². The summed E-state index contributed by atoms with van der Waals surface area (Å²) in [7, 11) is 0. The second-order valence-corrected chi connectivity index (χ2v) is 14.7. The molecule has 0 saturated carbocycles. The Bertz CT molecular complexity index is 3200. The van der Waals surface area contributed by atoms with E-state index >= 15 is 0 Å². The number of nitrogens with zero attached hydrogens (tertiary/aromatic N) is 1. The first-order chi connectivity index (χ1) is 27.7. The van der Waals surface area contributed by atoms with Crippen LogP contribution in [0.15, 0.2) is 212 Å². The maximum absolute atomic E-state index is 5.41. The van der Waals surface area contributed by atoms with Gasteiger partial charge in [0.05, 0.1) is 11.4 Å². The van der Waals surface area contributed by atoms with Gasteiger partial charge < -0.3 is 0 Å². The zero-order valence-electron chi connectivity index (χ0n) is 30.7. The van der Waals surface area contributed by atoms with E-state index in [0.29, 0.717) is 0 Å². The Morgan fingerprint density at radius 2 is 0.661 bits per heavy atom. The second kappa shape index (κ2) is 13.2. The minimum atomic E-state index is 0.940. The van der Waals surface area contributed by atoms with Crippen molar-refractivity contribution in [3.8, 4) is 55.9 Å². The van der Waals surface area contributed by atoms with Gasteiger partial charge in [0.15, 0.2) is 0 Å². The first-order valence-corrected chi connectivity index (χ1v) is 19.3. The normalized spacial score (nSPS) is 11.6. The van der Waals surface area contributed by atoms with Crippen LogP contribution in [-0.4, -0.2) is 4.98 Å². The van der Waals surface area contributed by atoms with E-state index in [4.69, 9.17) is 4.98 Å². The molecule has 11 aromatic rings. The predicted octanol–water partition coefficient (Wildman–Crippen LogP) is 15.2. The molecule has 260 valence electrons. The lowest BCUT2D eigenvalue weighted by molar-refractivity contribution is 1.32. The highest BCUT2D eigenvalue weighted by Crippen LogP contribution is 2.42. The number of benzene rings is 10. The van der Waals surface area contributed by atoms with Crippen molar-refractivity contribution in [1.29, 1.82) is 0 Å². The first kappa shape index (κ1) is 32.1. The van der Waals surface area contributed by atoms with Crippen molar-refractivity contribution in [1.82, 2.24) is 4.98 Å². The minimum Gasteiger partial charge on any atom is -0.248 e. The van der Waals surface area contributed by atoms with E-state index in [1.54, 1.807) is 0 Å². The lowest BCUT2D eigenvalue weighted by Crippen LogP contribution is -1.93. The molecule has 1 nitrogen and oxygen atoms in total. The molecule has 0 unspecified atom stereocenters. The van der Waals surface area contributed by atoms with Gasteiger partial charge in [-0.2, -0.15) is 0 Å². The third kappa shape index (κ3) is 5.44. The van der Waals surface area contributed by atoms with Gasteiger partial charge in [-0.1, -0.05) is 170 Å². The molecular weight excluding hydrogens is 675 g/mol. The van der Waals surface area contributed by atoms with Crippen LogP contribution in [0.4, 0.5) is 0 Å². The topological polar surface area (TPSA) is 12.9 Å². The first-order valence-electron chi connectivity index (χ1n) is 19.3. The summed E-state index contributed by atoms with van der Waals surface area (Å²) >= 11 is 0. The highest BCUT2D eigenvalue weighted by atomic mass is 14.7. The van der Waals surface area contributed by atoms with Gasteiger partial charge in [0.1, 0.15) is 0 Å². The Balaban J connectivity index is 1.20. The molecule has 10 aromatic carbocycles. The third-order valence-corrected chi connectivity index (χ3v) is 11.4. The smallest absolute Gasteiger partial charge is 0.0716 e. The molecule has 1 heteroatoms. The summed E-state index contributed by atoms with van der Waals surface area (Å²) in [5, 5.41) is 12.6. The van der Waals surface area contributed by atoms with Crippen LogP contribution in [0.5, 0.6) is 0 Å². The van der Waals surface area contributed by atoms with E-state index in [0.717, 1.165) is 39.2 Å². The molecule has 0 atom stereocenters. The van der Waals surface area contributed by atoms with Gasteiger partial charge in [-0.15, -0.1) is 0 Å². The maximum Gasteiger partial charge on any atom is 0.0716 e. The second-order valence-electron chi connectivity index (χ2n) is 14.7. The van der Waals surface area contributed by atoms with Gasteiger partial charge in [-0.3, -0.25) is 0 Å². The standard InChI is InChI=1S/C55H35N/c1-3-15-36(16-4-1)41-34-54(37-17-5-2-6-18-37)56-55(35-41)43-30-40(29-42(31-43)52-33-39-19-7-8-20-44(39)45-21-9-13-25-49(45)52)38-27-28-51-48-24-11-10-22-46(48)47-23-12-14-26-50(47)53(51)32-38/h1-35H. The van der Waals surface area contributed by atoms with E-state index in [2.05, 4.69) is 212 Å². The van der Waals surface area contributed by atoms with Crippen molar-refractivity contribution in [2.45, 2.75) is 0 Å². The van der Waals surface area contributed by atoms with Crippen LogP contribution in [0.1, 0.15) is 0 Å². The third-order valence-electron chi connectivity index (χ3n) is 11.4. The highest BCUT2D eigenvalue weighted by molar-refractivity contribution is 6.25. The summed E-state index contributed by atoms with van der Waals surface area (Å²) in [6.45, 7) is 0. The van der Waals surface area contributed by atoms with Crippen LogP contribution in [0.2, 0.25) is 0 Å². The molecule has 0 amide bonds. The summed E-state index contributed by atoms with van der Waals surface area (Å²) in [6.07, 6.45) is 0. The van der Waals surface area contributed by atoms with Gasteiger partial charge in [-0.25, -0.2) is 4.98 Å². The molecule has 0 N–H and O–H groups in total. The number of pyridine rings is 1. The van der Waals surface area contributed by atoms with Crippen LogP contribution >= 0.6 is 0 Å². The largest absolute Gasteiger partial charge is 0.248 e. The van der Waals surface area contributed by atoms with E-state index in [-0.39, 0.29) is 0 Å². The van der Waals surface area contributed by atoms with Crippen molar-refractivity contribution in [3.05, 3.63) is 212 Å². The van der Waals surface area contributed by atoms with Crippen molar-refractivity contribution in [2.24, 2.45) is 0 Å². The van der Waals surface area contributed by atoms with Gasteiger partial charge in [0, 0.05) is 11.1 Å². The molecule has 11 rings (SSSR count). The van der Waals surface area contributed by atoms with Gasteiger partial charge in [0.25, 0.3) is 0 Å². The Morgan fingerprint density at radius 1 is 0.214 bits per heavy atom. The zero-order chi connectivity index (χ0) is 37.0. The summed E-state index contributed by atoms with van der Waals surface area (Å²) in [4.78, 5) is 5.41. The average Bonchev–Trinajstić information content (AvgIpc) is 3.29. The summed E-state index contributed by atoms with van der Waals surface area (Å²) in [5.74, 6) is 0. The molecule has 0 fully saturated rings. The zero-order valence-corrected chi connectivity index (χ0v) is 30.7. The van der Waals surface area contributed by atoms with Crippen LogP contribution in [0, 0.1) is 0 Å². The van der Waals surface area contributed by atoms with Crippen LogP contribution in [0.25, 0.3) is 110 Å². The monoisotopic (exact) mass is 709 g/mol. The van der Waals surface area contributed by atoms with Gasteiger partial charge >= 0.3 is 0 Å². The molecule has 1 aromatic heterocycles. The Kier molecular flexibility index (Phi) is 7.57. The Hall–Kier alpha value is -7.35. The van der Waals surface area contributed by atoms with Crippen LogP contribution in [-0.2, 0) is 0 Å². The van der Waals surface area contributed by atoms with E-state index in [9.17, 15) is 0 Å². The molecule has 0 spiro atoms. The van der Waals surface area contributed by atoms with Crippen molar-refractivity contribution >= 4 is 53.9 Å². The number of hydrogen-bond donors (Lipinski definition) is 0. The van der Waals surface area contributed by atoms with Crippen LogP contribution in [0.3, 0.4) is 0 Å². The maximum atomic E-state index is 5.41. The summed E-state index contributed by atoms with van der Waals surface area (Å²) in [5.41, 5.74) is 11.1. The predicted molar refractivity (Wildman–Crippen MR) is 239 cm³/mol. The molecule has 1 heterocycles. The summed E-state index contributed by atoms with van der Waals surface area (Å²) < 4.78 is 0. The molecule has 0 radical (unpaired) electrons. The molecule has 0 aliphatic heterocycles. The number of hydrogen-bond acceptors (Lipinski definition) is 1. The van der Waals surface area contributed by atoms with Gasteiger partial charge in [0.2, 0.25) is 0 Å². The fourth-order valence-corrected chi connectivity index (χ4v) is 8.71. The Labute approximate surface area is 325 Å². The van der Waals surface area contributed by atoms with E-state index in [1.807, 2.05) is 0 Å². The van der Waals surface area contributed by atoms with Crippen molar-refractivity contribution < 1.29 is 0 Å². The molecule has 56 heavy (non-hydrogen) atoms. The van der Waals surface area contributed by atoms with Crippen molar-refractivity contribution in [3.63, 3.8) is 0 Å². The number of rotatable bonds is 5. The van der Waals surface area contributed by atoms with E-state index < -0.39 is 0 Å². The molecule has 0 aliphatic rings. The fourth-order valence-electron chi connectivity index (χ4n) is 8.71. The summed E-state index contributed by atoms with van der Waals surface area (Å²) in [6, 6.07) is 77.2. The number of fused-ring (bicyclic) bond motifs is 9. The minimum absolute atomic E-state index is 0.940. The quantitative estimate of drug-likeness (QED) is 0.162. The Morgan fingerprint density at radius 3 is 1.32 bits per heavy atom. The number of aromatic nitrogens is 1. The lowest BCUT2D eigenvalue weighted by atomic mass is 9.88. The molecule has 0 bridgehead atoms. The van der Waals surface area contributed by atoms with Gasteiger partial charge in [-0.05, 0) is 130 Å².